The Kier molecular flexibility index (Phi) is 1.67. The number of rotatable bonds is 3. The summed E-state index contributed by atoms with van der Waals surface area (Å²) in [5.41, 5.74) is 1.25. The molecule has 1 aliphatic carbocycles. The molecule has 0 amide bonds. The van der Waals surface area contributed by atoms with Gasteiger partial charge < -0.3 is 4.74 Å². The molecule has 1 rings (SSSR count). The summed E-state index contributed by atoms with van der Waals surface area (Å²) in [6, 6.07) is 0. The SMILES string of the molecule is O=COCC1=CCC1. The van der Waals surface area contributed by atoms with Crippen molar-refractivity contribution in [3.05, 3.63) is 11.6 Å². The van der Waals surface area contributed by atoms with Crippen molar-refractivity contribution in [2.45, 2.75) is 12.8 Å². The number of carbonyl (C=O) groups is 1. The van der Waals surface area contributed by atoms with Crippen LogP contribution in [0.5, 0.6) is 0 Å². The number of hydrogen-bond acceptors (Lipinski definition) is 2. The van der Waals surface area contributed by atoms with E-state index in [1.165, 1.54) is 5.57 Å². The summed E-state index contributed by atoms with van der Waals surface area (Å²) < 4.78 is 4.49. The minimum atomic E-state index is 0.485. The zero-order valence-corrected chi connectivity index (χ0v) is 4.59. The summed E-state index contributed by atoms with van der Waals surface area (Å²) in [4.78, 5) is 9.60. The van der Waals surface area contributed by atoms with Gasteiger partial charge in [0.25, 0.3) is 6.47 Å². The van der Waals surface area contributed by atoms with Gasteiger partial charge in [-0.2, -0.15) is 0 Å². The van der Waals surface area contributed by atoms with Crippen LogP contribution < -0.4 is 0 Å². The van der Waals surface area contributed by atoms with Gasteiger partial charge in [0.1, 0.15) is 6.61 Å². The first kappa shape index (κ1) is 5.35. The van der Waals surface area contributed by atoms with Gasteiger partial charge in [-0.3, -0.25) is 4.79 Å². The van der Waals surface area contributed by atoms with Gasteiger partial charge in [-0.05, 0) is 18.4 Å². The Morgan fingerprint density at radius 3 is 3.00 bits per heavy atom. The van der Waals surface area contributed by atoms with Gasteiger partial charge in [-0.25, -0.2) is 0 Å². The highest BCUT2D eigenvalue weighted by Crippen LogP contribution is 2.16. The minimum absolute atomic E-state index is 0.485. The van der Waals surface area contributed by atoms with Crippen LogP contribution in [0.1, 0.15) is 12.8 Å². The van der Waals surface area contributed by atoms with Gasteiger partial charge in [0.15, 0.2) is 0 Å². The second-order valence-corrected chi connectivity index (χ2v) is 1.81. The molecule has 0 aromatic rings. The van der Waals surface area contributed by atoms with E-state index in [-0.39, 0.29) is 0 Å². The van der Waals surface area contributed by atoms with Crippen LogP contribution in [0.2, 0.25) is 0 Å². The highest BCUT2D eigenvalue weighted by molar-refractivity contribution is 5.37. The topological polar surface area (TPSA) is 26.3 Å². The molecule has 0 aliphatic heterocycles. The largest absolute Gasteiger partial charge is 0.463 e. The Morgan fingerprint density at radius 1 is 1.88 bits per heavy atom. The summed E-state index contributed by atoms with van der Waals surface area (Å²) in [7, 11) is 0. The number of ether oxygens (including phenoxy) is 1. The fourth-order valence-corrected chi connectivity index (χ4v) is 0.621. The Balaban J connectivity index is 2.10. The van der Waals surface area contributed by atoms with E-state index in [1.807, 2.05) is 0 Å². The molecule has 0 atom stereocenters. The number of allylic oxidation sites excluding steroid dienone is 1. The zero-order valence-electron chi connectivity index (χ0n) is 4.59. The normalized spacial score (nSPS) is 16.2. The highest BCUT2D eigenvalue weighted by Gasteiger charge is 2.03. The molecule has 2 nitrogen and oxygen atoms in total. The van der Waals surface area contributed by atoms with Crippen molar-refractivity contribution in [1.82, 2.24) is 0 Å². The molecular weight excluding hydrogens is 104 g/mol. The lowest BCUT2D eigenvalue weighted by molar-refractivity contribution is -0.127. The van der Waals surface area contributed by atoms with E-state index in [4.69, 9.17) is 0 Å². The van der Waals surface area contributed by atoms with Crippen LogP contribution in [-0.2, 0) is 9.53 Å². The van der Waals surface area contributed by atoms with Crippen molar-refractivity contribution in [3.63, 3.8) is 0 Å². The van der Waals surface area contributed by atoms with E-state index in [0.29, 0.717) is 13.1 Å². The van der Waals surface area contributed by atoms with Crippen molar-refractivity contribution in [2.75, 3.05) is 6.61 Å². The van der Waals surface area contributed by atoms with Crippen LogP contribution in [0.4, 0.5) is 0 Å². The maximum absolute atomic E-state index is 9.60. The molecule has 0 N–H and O–H groups in total. The third-order valence-corrected chi connectivity index (χ3v) is 1.24. The smallest absolute Gasteiger partial charge is 0.293 e. The lowest BCUT2D eigenvalue weighted by Gasteiger charge is -2.11. The van der Waals surface area contributed by atoms with Crippen LogP contribution in [-0.4, -0.2) is 13.1 Å². The Bertz CT molecular complexity index is 116. The average molecular weight is 112 g/mol. The molecule has 0 spiro atoms. The summed E-state index contributed by atoms with van der Waals surface area (Å²) in [5.74, 6) is 0. The second-order valence-electron chi connectivity index (χ2n) is 1.81. The monoisotopic (exact) mass is 112 g/mol. The van der Waals surface area contributed by atoms with Crippen LogP contribution in [0.25, 0.3) is 0 Å². The molecule has 0 heterocycles. The fourth-order valence-electron chi connectivity index (χ4n) is 0.621. The van der Waals surface area contributed by atoms with Crippen molar-refractivity contribution >= 4 is 6.47 Å². The van der Waals surface area contributed by atoms with E-state index < -0.39 is 0 Å². The molecule has 0 radical (unpaired) electrons. The van der Waals surface area contributed by atoms with E-state index in [0.717, 1.165) is 12.8 Å². The first-order valence-corrected chi connectivity index (χ1v) is 2.66. The summed E-state index contributed by atoms with van der Waals surface area (Å²) in [5, 5.41) is 0. The molecule has 8 heavy (non-hydrogen) atoms. The third-order valence-electron chi connectivity index (χ3n) is 1.24. The van der Waals surface area contributed by atoms with E-state index in [9.17, 15) is 4.79 Å². The third kappa shape index (κ3) is 1.09. The van der Waals surface area contributed by atoms with Gasteiger partial charge in [-0.1, -0.05) is 6.08 Å². The predicted octanol–water partition coefficient (Wildman–Crippen LogP) is 0.880. The molecule has 0 aromatic carbocycles. The van der Waals surface area contributed by atoms with Crippen LogP contribution in [0.15, 0.2) is 11.6 Å². The van der Waals surface area contributed by atoms with Crippen molar-refractivity contribution in [3.8, 4) is 0 Å². The molecular formula is C6H8O2. The fraction of sp³-hybridized carbons (Fsp3) is 0.500. The summed E-state index contributed by atoms with van der Waals surface area (Å²) in [6.45, 7) is 0.989. The van der Waals surface area contributed by atoms with Gasteiger partial charge in [-0.15, -0.1) is 0 Å². The Labute approximate surface area is 48.1 Å². The van der Waals surface area contributed by atoms with E-state index in [1.54, 1.807) is 0 Å². The first-order valence-electron chi connectivity index (χ1n) is 2.66. The molecule has 44 valence electrons. The van der Waals surface area contributed by atoms with Crippen molar-refractivity contribution < 1.29 is 9.53 Å². The van der Waals surface area contributed by atoms with E-state index in [2.05, 4.69) is 10.8 Å². The first-order chi connectivity index (χ1) is 3.93. The second kappa shape index (κ2) is 2.50. The lowest BCUT2D eigenvalue weighted by Crippen LogP contribution is -2.02. The highest BCUT2D eigenvalue weighted by atomic mass is 16.5. The summed E-state index contributed by atoms with van der Waals surface area (Å²) >= 11 is 0. The number of hydrogen-bond donors (Lipinski definition) is 0. The van der Waals surface area contributed by atoms with Gasteiger partial charge >= 0.3 is 0 Å². The Morgan fingerprint density at radius 2 is 2.62 bits per heavy atom. The quantitative estimate of drug-likeness (QED) is 0.400. The number of carbonyl (C=O) groups excluding carboxylic acids is 1. The van der Waals surface area contributed by atoms with Crippen LogP contribution in [0.3, 0.4) is 0 Å². The molecule has 0 saturated heterocycles. The molecule has 0 saturated carbocycles. The minimum Gasteiger partial charge on any atom is -0.463 e. The molecule has 0 aromatic heterocycles. The van der Waals surface area contributed by atoms with Crippen molar-refractivity contribution in [2.24, 2.45) is 0 Å². The lowest BCUT2D eigenvalue weighted by atomic mass is 10.0. The van der Waals surface area contributed by atoms with Crippen LogP contribution in [0, 0.1) is 0 Å². The van der Waals surface area contributed by atoms with E-state index >= 15 is 0 Å². The molecule has 0 fully saturated rings. The molecule has 2 heteroatoms. The average Bonchev–Trinajstić information content (AvgIpc) is 1.63. The van der Waals surface area contributed by atoms with Gasteiger partial charge in [0.05, 0.1) is 0 Å². The molecule has 0 bridgehead atoms. The van der Waals surface area contributed by atoms with Crippen molar-refractivity contribution in [1.29, 1.82) is 0 Å². The predicted molar refractivity (Wildman–Crippen MR) is 29.3 cm³/mol. The maximum atomic E-state index is 9.60. The molecule has 0 unspecified atom stereocenters. The Hall–Kier alpha value is -0.790. The van der Waals surface area contributed by atoms with Crippen LogP contribution >= 0.6 is 0 Å². The summed E-state index contributed by atoms with van der Waals surface area (Å²) in [6.07, 6.45) is 4.34. The van der Waals surface area contributed by atoms with Gasteiger partial charge in [0.2, 0.25) is 0 Å². The standard InChI is InChI=1S/C6H8O2/c7-5-8-4-6-2-1-3-6/h2,5H,1,3-4H2. The zero-order chi connectivity index (χ0) is 5.82. The maximum Gasteiger partial charge on any atom is 0.293 e. The van der Waals surface area contributed by atoms with Gasteiger partial charge in [0, 0.05) is 0 Å². The molecule has 1 aliphatic rings.